The Balaban J connectivity index is 1.58. The van der Waals surface area contributed by atoms with Crippen LogP contribution in [0.25, 0.3) is 44.6 Å². The van der Waals surface area contributed by atoms with Crippen LogP contribution in [-0.4, -0.2) is 0 Å². The number of rotatable bonds is 2. The van der Waals surface area contributed by atoms with Gasteiger partial charge in [0.25, 0.3) is 0 Å². The highest BCUT2D eigenvalue weighted by Gasteiger charge is 2.35. The van der Waals surface area contributed by atoms with Gasteiger partial charge in [0.05, 0.1) is 5.56 Å². The molecule has 0 N–H and O–H groups in total. The van der Waals surface area contributed by atoms with Crippen molar-refractivity contribution >= 4 is 0 Å². The van der Waals surface area contributed by atoms with Crippen LogP contribution >= 0.6 is 0 Å². The van der Waals surface area contributed by atoms with Crippen molar-refractivity contribution in [2.24, 2.45) is 7.05 Å². The summed E-state index contributed by atoms with van der Waals surface area (Å²) in [5.74, 6) is 0. The summed E-state index contributed by atoms with van der Waals surface area (Å²) in [5, 5.41) is 0. The molecule has 1 heteroatoms. The highest BCUT2D eigenvalue weighted by atomic mass is 14.9. The van der Waals surface area contributed by atoms with E-state index in [4.69, 9.17) is 4.11 Å². The maximum atomic E-state index is 8.34. The molecule has 7 rings (SSSR count). The molecule has 36 heavy (non-hydrogen) atoms. The predicted octanol–water partition coefficient (Wildman–Crippen LogP) is 7.91. The lowest BCUT2D eigenvalue weighted by Crippen LogP contribution is -2.31. The number of aryl methyl sites for hydroxylation is 3. The van der Waals surface area contributed by atoms with Crippen LogP contribution in [0, 0.1) is 20.7 Å². The summed E-state index contributed by atoms with van der Waals surface area (Å²) in [7, 11) is 1.98. The van der Waals surface area contributed by atoms with E-state index in [1.165, 1.54) is 55.6 Å². The largest absolute Gasteiger partial charge is 0.213 e. The van der Waals surface area contributed by atoms with Crippen molar-refractivity contribution in [2.45, 2.75) is 33.5 Å². The fourth-order valence-corrected chi connectivity index (χ4v) is 6.45. The standard InChI is InChI=1S/C35H30N/c1-21-13-15-24(16-14-21)29-19-32(36(4)20-22(29)2)34-23(3)33-27-11-7-5-9-25(27)17-30(33)31-18-26-10-6-8-12-28(26)35(31)34/h5-16,19-20H,17-18H2,1-4H3/q+1/i2D3. The van der Waals surface area contributed by atoms with E-state index in [2.05, 4.69) is 80.6 Å². The monoisotopic (exact) mass is 467 g/mol. The van der Waals surface area contributed by atoms with E-state index < -0.39 is 6.85 Å². The maximum Gasteiger partial charge on any atom is 0.213 e. The molecule has 2 aliphatic rings. The van der Waals surface area contributed by atoms with Crippen molar-refractivity contribution in [3.8, 4) is 44.6 Å². The molecule has 2 aliphatic carbocycles. The zero-order chi connectivity index (χ0) is 27.1. The zero-order valence-corrected chi connectivity index (χ0v) is 20.9. The summed E-state index contributed by atoms with van der Waals surface area (Å²) >= 11 is 0. The van der Waals surface area contributed by atoms with Crippen LogP contribution in [0.2, 0.25) is 0 Å². The minimum absolute atomic E-state index is 0.374. The summed E-state index contributed by atoms with van der Waals surface area (Å²) in [6.45, 7) is 2.08. The Morgan fingerprint density at radius 2 is 1.31 bits per heavy atom. The molecule has 0 saturated heterocycles. The summed E-state index contributed by atoms with van der Waals surface area (Å²) in [6, 6.07) is 27.8. The van der Waals surface area contributed by atoms with E-state index in [9.17, 15) is 0 Å². The first-order valence-corrected chi connectivity index (χ1v) is 12.7. The molecule has 0 bridgehead atoms. The topological polar surface area (TPSA) is 3.88 Å². The average molecular weight is 468 g/mol. The van der Waals surface area contributed by atoms with Gasteiger partial charge in [0.2, 0.25) is 5.69 Å². The second-order valence-electron chi connectivity index (χ2n) is 10.3. The highest BCUT2D eigenvalue weighted by molar-refractivity contribution is 5.98. The first-order chi connectivity index (χ1) is 18.7. The van der Waals surface area contributed by atoms with Gasteiger partial charge in [-0.2, -0.15) is 0 Å². The molecule has 1 heterocycles. The first-order valence-electron chi connectivity index (χ1n) is 14.2. The van der Waals surface area contributed by atoms with E-state index in [1.54, 1.807) is 0 Å². The molecule has 174 valence electrons. The van der Waals surface area contributed by atoms with E-state index in [-0.39, 0.29) is 0 Å². The Kier molecular flexibility index (Phi) is 3.95. The third-order valence-electron chi connectivity index (χ3n) is 8.17. The number of aromatic nitrogens is 1. The van der Waals surface area contributed by atoms with E-state index >= 15 is 0 Å². The van der Waals surface area contributed by atoms with Crippen LogP contribution in [0.4, 0.5) is 0 Å². The molecule has 0 aliphatic heterocycles. The second-order valence-corrected chi connectivity index (χ2v) is 10.3. The Labute approximate surface area is 217 Å². The number of hydrogen-bond donors (Lipinski definition) is 0. The average Bonchev–Trinajstić information content (AvgIpc) is 3.49. The van der Waals surface area contributed by atoms with Crippen molar-refractivity contribution in [2.75, 3.05) is 0 Å². The van der Waals surface area contributed by atoms with Crippen LogP contribution < -0.4 is 4.57 Å². The molecule has 0 unspecified atom stereocenters. The van der Waals surface area contributed by atoms with Crippen molar-refractivity contribution < 1.29 is 8.68 Å². The zero-order valence-electron chi connectivity index (χ0n) is 23.9. The molecule has 0 amide bonds. The summed E-state index contributed by atoms with van der Waals surface area (Å²) in [5.41, 5.74) is 17.6. The van der Waals surface area contributed by atoms with Gasteiger partial charge in [-0.25, -0.2) is 4.57 Å². The lowest BCUT2D eigenvalue weighted by atomic mass is 9.84. The third-order valence-corrected chi connectivity index (χ3v) is 8.17. The number of benzene rings is 4. The first kappa shape index (κ1) is 18.3. The van der Waals surface area contributed by atoms with Gasteiger partial charge in [0.1, 0.15) is 7.05 Å². The number of fused-ring (bicyclic) bond motifs is 7. The van der Waals surface area contributed by atoms with E-state index in [0.717, 1.165) is 35.2 Å². The van der Waals surface area contributed by atoms with Crippen molar-refractivity contribution in [3.05, 3.63) is 124 Å². The van der Waals surface area contributed by atoms with Crippen LogP contribution in [0.1, 0.15) is 43.1 Å². The normalized spacial score (nSPS) is 14.4. The van der Waals surface area contributed by atoms with Crippen LogP contribution in [-0.2, 0) is 19.9 Å². The van der Waals surface area contributed by atoms with Crippen LogP contribution in [0.5, 0.6) is 0 Å². The molecule has 1 nitrogen and oxygen atoms in total. The van der Waals surface area contributed by atoms with Crippen molar-refractivity contribution in [1.29, 1.82) is 0 Å². The fourth-order valence-electron chi connectivity index (χ4n) is 6.45. The molecule has 0 spiro atoms. The van der Waals surface area contributed by atoms with Crippen molar-refractivity contribution in [1.82, 2.24) is 0 Å². The maximum absolute atomic E-state index is 8.34. The Morgan fingerprint density at radius 3 is 1.97 bits per heavy atom. The number of pyridine rings is 1. The van der Waals surface area contributed by atoms with Gasteiger partial charge in [-0.15, -0.1) is 0 Å². The molecule has 0 saturated carbocycles. The quantitative estimate of drug-likeness (QED) is 0.227. The summed E-state index contributed by atoms with van der Waals surface area (Å²) < 4.78 is 27.0. The highest BCUT2D eigenvalue weighted by Crippen LogP contribution is 2.52. The second kappa shape index (κ2) is 7.77. The van der Waals surface area contributed by atoms with Gasteiger partial charge >= 0.3 is 0 Å². The lowest BCUT2D eigenvalue weighted by molar-refractivity contribution is -0.660. The van der Waals surface area contributed by atoms with Gasteiger partial charge in [0, 0.05) is 15.7 Å². The SMILES string of the molecule is [2H]C([2H])([2H])c1c[n+](C)c(-c2c(C)c3c(c4c2-c2ccccc2C4)Cc2ccccc2-3)cc1-c1ccc(C)cc1. The van der Waals surface area contributed by atoms with Gasteiger partial charge < -0.3 is 0 Å². The third kappa shape index (κ3) is 2.99. The van der Waals surface area contributed by atoms with Gasteiger partial charge in [-0.1, -0.05) is 78.4 Å². The number of hydrogen-bond acceptors (Lipinski definition) is 0. The number of nitrogens with zero attached hydrogens (tertiary/aromatic N) is 1. The molecule has 4 aromatic carbocycles. The molecule has 0 radical (unpaired) electrons. The fraction of sp³-hybridized carbons (Fsp3) is 0.171. The minimum Gasteiger partial charge on any atom is -0.201 e. The Hall–Kier alpha value is -3.97. The van der Waals surface area contributed by atoms with Crippen LogP contribution in [0.3, 0.4) is 0 Å². The minimum atomic E-state index is -2.23. The molecular weight excluding hydrogens is 434 g/mol. The van der Waals surface area contributed by atoms with E-state index in [0.29, 0.717) is 5.56 Å². The molecular formula is C35H30N+. The molecule has 5 aromatic rings. The molecule has 0 fully saturated rings. The van der Waals surface area contributed by atoms with Gasteiger partial charge in [-0.3, -0.25) is 0 Å². The molecule has 1 aromatic heterocycles. The van der Waals surface area contributed by atoms with Crippen LogP contribution in [0.15, 0.2) is 85.1 Å². The van der Waals surface area contributed by atoms with Gasteiger partial charge in [0.15, 0.2) is 6.20 Å². The Bertz CT molecular complexity index is 1810. The summed E-state index contributed by atoms with van der Waals surface area (Å²) in [6.07, 6.45) is 3.71. The smallest absolute Gasteiger partial charge is 0.201 e. The van der Waals surface area contributed by atoms with E-state index in [1.807, 2.05) is 29.9 Å². The predicted molar refractivity (Wildman–Crippen MR) is 149 cm³/mol. The Morgan fingerprint density at radius 1 is 0.694 bits per heavy atom. The van der Waals surface area contributed by atoms with Crippen molar-refractivity contribution in [3.63, 3.8) is 0 Å². The molecule has 0 atom stereocenters. The summed E-state index contributed by atoms with van der Waals surface area (Å²) in [4.78, 5) is 0. The lowest BCUT2D eigenvalue weighted by Gasteiger charge is -2.19. The van der Waals surface area contributed by atoms with Gasteiger partial charge in [-0.05, 0) is 94.7 Å².